The predicted octanol–water partition coefficient (Wildman–Crippen LogP) is 4.88. The Morgan fingerprint density at radius 1 is 0.852 bits per heavy atom. The first-order valence-electron chi connectivity index (χ1n) is 17.6. The molecule has 0 radical (unpaired) electrons. The summed E-state index contributed by atoms with van der Waals surface area (Å²) in [4.78, 5) is 28.0. The van der Waals surface area contributed by atoms with Gasteiger partial charge in [0.15, 0.2) is 22.9 Å². The van der Waals surface area contributed by atoms with Crippen LogP contribution in [0.1, 0.15) is 40.1 Å². The zero-order valence-electron chi connectivity index (χ0n) is 29.1. The zero-order chi connectivity index (χ0) is 38.0. The lowest BCUT2D eigenvalue weighted by Gasteiger charge is -2.72. The molecule has 0 aromatic heterocycles. The number of halogens is 2. The van der Waals surface area contributed by atoms with Gasteiger partial charge < -0.3 is 43.7 Å². The van der Waals surface area contributed by atoms with Crippen LogP contribution in [0.15, 0.2) is 125 Å². The van der Waals surface area contributed by atoms with Crippen molar-refractivity contribution >= 4 is 35.1 Å². The number of aliphatic hydroxyl groups excluding tert-OH is 2. The van der Waals surface area contributed by atoms with E-state index in [9.17, 15) is 24.9 Å². The van der Waals surface area contributed by atoms with E-state index in [-0.39, 0.29) is 26.8 Å². The minimum Gasteiger partial charge on any atom is -0.452 e. The van der Waals surface area contributed by atoms with Crippen molar-refractivity contribution in [3.63, 3.8) is 0 Å². The van der Waals surface area contributed by atoms with Gasteiger partial charge in [0, 0.05) is 22.6 Å². The van der Waals surface area contributed by atoms with Crippen molar-refractivity contribution in [2.24, 2.45) is 11.8 Å². The van der Waals surface area contributed by atoms with E-state index < -0.39 is 89.3 Å². The zero-order valence-corrected chi connectivity index (χ0v) is 30.6. The van der Waals surface area contributed by atoms with Gasteiger partial charge in [0.05, 0.1) is 23.7 Å². The number of esters is 2. The summed E-state index contributed by atoms with van der Waals surface area (Å²) in [6.45, 7) is 7.05. The fraction of sp³-hybridized carbons (Fsp3) is 0.366. The Labute approximate surface area is 320 Å². The van der Waals surface area contributed by atoms with Crippen LogP contribution in [-0.4, -0.2) is 86.8 Å². The molecule has 3 N–H and O–H groups in total. The van der Waals surface area contributed by atoms with Crippen molar-refractivity contribution in [2.45, 2.75) is 72.7 Å². The molecule has 1 unspecified atom stereocenters. The molecule has 11 nitrogen and oxygen atoms in total. The highest BCUT2D eigenvalue weighted by molar-refractivity contribution is 6.56. The minimum atomic E-state index is -2.55. The van der Waals surface area contributed by atoms with Crippen molar-refractivity contribution in [1.29, 1.82) is 0 Å². The van der Waals surface area contributed by atoms with Crippen LogP contribution in [0, 0.1) is 11.8 Å². The van der Waals surface area contributed by atoms with Crippen molar-refractivity contribution in [1.82, 2.24) is 0 Å². The van der Waals surface area contributed by atoms with Crippen LogP contribution in [0.3, 0.4) is 0 Å². The minimum absolute atomic E-state index is 0.0508. The molecule has 3 aliphatic carbocycles. The smallest absolute Gasteiger partial charge is 0.339 e. The molecule has 2 saturated carbocycles. The third-order valence-corrected chi connectivity index (χ3v) is 12.7. The molecule has 10 rings (SSSR count). The van der Waals surface area contributed by atoms with Crippen LogP contribution in [0.4, 0.5) is 0 Å². The fourth-order valence-electron chi connectivity index (χ4n) is 9.79. The molecular weight excluding hydrogens is 739 g/mol. The molecular formula is C41H36Cl2O11. The molecule has 6 fully saturated rings. The van der Waals surface area contributed by atoms with E-state index in [1.54, 1.807) is 86.6 Å². The molecule has 4 saturated heterocycles. The van der Waals surface area contributed by atoms with Crippen LogP contribution in [0.2, 0.25) is 0 Å². The summed E-state index contributed by atoms with van der Waals surface area (Å²) in [5, 5.41) is 36.7. The molecule has 3 aromatic carbocycles. The summed E-state index contributed by atoms with van der Waals surface area (Å²) in [6.07, 6.45) is -5.51. The number of benzene rings is 3. The first-order chi connectivity index (χ1) is 25.8. The fourth-order valence-corrected chi connectivity index (χ4v) is 10.1. The van der Waals surface area contributed by atoms with E-state index in [4.69, 9.17) is 51.6 Å². The Hall–Kier alpha value is -3.88. The van der Waals surface area contributed by atoms with Gasteiger partial charge in [0.2, 0.25) is 0 Å². The third-order valence-electron chi connectivity index (χ3n) is 12.2. The van der Waals surface area contributed by atoms with Gasteiger partial charge in [-0.25, -0.2) is 9.59 Å². The van der Waals surface area contributed by atoms with Gasteiger partial charge in [-0.15, -0.1) is 0 Å². The molecule has 4 bridgehead atoms. The maximum absolute atomic E-state index is 14.1. The lowest BCUT2D eigenvalue weighted by molar-refractivity contribution is -0.570. The second-order valence-corrected chi connectivity index (χ2v) is 15.8. The molecule has 7 aliphatic rings. The average Bonchev–Trinajstić information content (AvgIpc) is 3.85. The van der Waals surface area contributed by atoms with E-state index in [1.165, 1.54) is 18.2 Å². The SMILES string of the molecule is C=C(C)[C@@]1(OC(=O)c2ccccc2)[C@@H]2OC3(c4ccccc4)O[C@H]1[C@@H](C)[C@]1(O3)C3=CC(=C(Cl)Cl)[C@H](O)[C@@]3(O)[C@H](OC(=O)c3ccccc3)[C@@]3(CO)O[C@H]3[C@@H]21. The molecule has 1 spiro atoms. The quantitative estimate of drug-likeness (QED) is 0.171. The van der Waals surface area contributed by atoms with Crippen LogP contribution in [0.5, 0.6) is 0 Å². The first-order valence-corrected chi connectivity index (χ1v) is 18.4. The Balaban J connectivity index is 1.30. The number of fused-ring (bicyclic) bond motifs is 2. The van der Waals surface area contributed by atoms with E-state index in [0.717, 1.165) is 0 Å². The predicted molar refractivity (Wildman–Crippen MR) is 192 cm³/mol. The molecule has 4 heterocycles. The Morgan fingerprint density at radius 3 is 2.00 bits per heavy atom. The maximum atomic E-state index is 14.1. The standard InChI is InChI=1S/C41H36Cl2O11/c1-21(2)39(53-35(47)24-15-9-5-10-16-24)30-22(3)40-27-19-26(33(42)43)29(45)38(27,48)36(49-34(46)23-13-7-4-8-14-23)37(20-44)31(50-37)28(40)32(39)52-41(51-30,54-40)25-17-11-6-12-18-25/h4-19,22,28-32,36,44-45,48H,1,20H2,2-3H3/t22-,28+,29+,30+,31+,32-,36-,37+,38-,39+,40+,41?/m1/s1. The molecule has 54 heavy (non-hydrogen) atoms. The second kappa shape index (κ2) is 12.1. The summed E-state index contributed by atoms with van der Waals surface area (Å²) >= 11 is 12.8. The van der Waals surface area contributed by atoms with Gasteiger partial charge in [0.1, 0.15) is 34.5 Å². The number of hydrogen-bond acceptors (Lipinski definition) is 11. The molecule has 280 valence electrons. The summed E-state index contributed by atoms with van der Waals surface area (Å²) in [7, 11) is 0. The van der Waals surface area contributed by atoms with Crippen molar-refractivity contribution in [2.75, 3.05) is 6.61 Å². The second-order valence-electron chi connectivity index (χ2n) is 14.8. The topological polar surface area (TPSA) is 154 Å². The Kier molecular flexibility index (Phi) is 7.99. The van der Waals surface area contributed by atoms with Gasteiger partial charge in [0.25, 0.3) is 0 Å². The average molecular weight is 776 g/mol. The monoisotopic (exact) mass is 774 g/mol. The summed E-state index contributed by atoms with van der Waals surface area (Å²) in [5.41, 5.74) is -6.56. The molecule has 0 amide bonds. The van der Waals surface area contributed by atoms with Crippen LogP contribution in [-0.2, 0) is 34.4 Å². The number of carbonyl (C=O) groups is 2. The van der Waals surface area contributed by atoms with E-state index >= 15 is 0 Å². The summed E-state index contributed by atoms with van der Waals surface area (Å²) in [6, 6.07) is 25.4. The number of aliphatic hydroxyl groups is 3. The van der Waals surface area contributed by atoms with Gasteiger partial charge >= 0.3 is 17.9 Å². The number of hydrogen-bond donors (Lipinski definition) is 3. The van der Waals surface area contributed by atoms with Gasteiger partial charge in [-0.1, -0.05) is 103 Å². The first kappa shape index (κ1) is 35.8. The normalized spacial score (nSPS) is 40.8. The highest BCUT2D eigenvalue weighted by Gasteiger charge is 2.90. The van der Waals surface area contributed by atoms with Gasteiger partial charge in [-0.05, 0) is 42.8 Å². The number of ether oxygens (including phenoxy) is 6. The third kappa shape index (κ3) is 4.44. The van der Waals surface area contributed by atoms with Crippen LogP contribution >= 0.6 is 23.2 Å². The number of epoxide rings is 1. The largest absolute Gasteiger partial charge is 0.452 e. The maximum Gasteiger partial charge on any atom is 0.339 e. The van der Waals surface area contributed by atoms with E-state index in [2.05, 4.69) is 6.58 Å². The number of carbonyl (C=O) groups excluding carboxylic acids is 2. The van der Waals surface area contributed by atoms with Crippen molar-refractivity contribution in [3.8, 4) is 0 Å². The van der Waals surface area contributed by atoms with Crippen LogP contribution < -0.4 is 0 Å². The van der Waals surface area contributed by atoms with Crippen molar-refractivity contribution < 1.29 is 53.3 Å². The van der Waals surface area contributed by atoms with Gasteiger partial charge in [-0.3, -0.25) is 0 Å². The van der Waals surface area contributed by atoms with Crippen LogP contribution in [0.25, 0.3) is 0 Å². The van der Waals surface area contributed by atoms with E-state index in [1.807, 2.05) is 6.07 Å². The van der Waals surface area contributed by atoms with Crippen molar-refractivity contribution in [3.05, 3.63) is 142 Å². The Morgan fingerprint density at radius 2 is 1.43 bits per heavy atom. The molecule has 12 atom stereocenters. The van der Waals surface area contributed by atoms with Gasteiger partial charge in [-0.2, -0.15) is 0 Å². The summed E-state index contributed by atoms with van der Waals surface area (Å²) in [5.74, 6) is -5.36. The number of rotatable bonds is 7. The molecule has 4 aliphatic heterocycles. The lowest BCUT2D eigenvalue weighted by atomic mass is 9.53. The Bertz CT molecular complexity index is 2130. The summed E-state index contributed by atoms with van der Waals surface area (Å²) < 4.78 is 39.8. The lowest BCUT2D eigenvalue weighted by Crippen LogP contribution is -2.85. The highest BCUT2D eigenvalue weighted by atomic mass is 35.5. The molecule has 3 aromatic rings. The molecule has 13 heteroatoms. The highest BCUT2D eigenvalue weighted by Crippen LogP contribution is 2.74. The van der Waals surface area contributed by atoms with E-state index in [0.29, 0.717) is 11.1 Å².